The molecule has 1 aromatic carbocycles. The maximum Gasteiger partial charge on any atom is 0.0726 e. The molecular formula is C18H21N5. The summed E-state index contributed by atoms with van der Waals surface area (Å²) in [5, 5.41) is 9.23. The van der Waals surface area contributed by atoms with E-state index in [4.69, 9.17) is 0 Å². The molecule has 0 atom stereocenters. The van der Waals surface area contributed by atoms with E-state index >= 15 is 0 Å². The number of benzene rings is 1. The van der Waals surface area contributed by atoms with Crippen molar-refractivity contribution in [3.63, 3.8) is 0 Å². The lowest BCUT2D eigenvalue weighted by atomic mass is 9.96. The molecule has 0 bridgehead atoms. The standard InChI is InChI=1S/C18H21N5/c1-14-12-18(16-4-2-3-5-17(16)20-14)22-9-6-15(7-10-22)13-23-11-8-19-21-23/h2-5,8,11-12,15H,6-7,9-10,13H2,1H3. The molecule has 23 heavy (non-hydrogen) atoms. The third-order valence-corrected chi connectivity index (χ3v) is 4.69. The van der Waals surface area contributed by atoms with Crippen molar-refractivity contribution >= 4 is 16.6 Å². The molecule has 0 saturated carbocycles. The van der Waals surface area contributed by atoms with Crippen molar-refractivity contribution in [2.45, 2.75) is 26.3 Å². The highest BCUT2D eigenvalue weighted by atomic mass is 15.4. The Morgan fingerprint density at radius 2 is 2.00 bits per heavy atom. The highest BCUT2D eigenvalue weighted by Crippen LogP contribution is 2.30. The number of aromatic nitrogens is 4. The quantitative estimate of drug-likeness (QED) is 0.746. The minimum Gasteiger partial charge on any atom is -0.371 e. The summed E-state index contributed by atoms with van der Waals surface area (Å²) in [7, 11) is 0. The van der Waals surface area contributed by atoms with Gasteiger partial charge in [0.1, 0.15) is 0 Å². The number of nitrogens with zero attached hydrogens (tertiary/aromatic N) is 5. The minimum atomic E-state index is 0.683. The number of anilines is 1. The molecule has 0 amide bonds. The Bertz CT molecular complexity index is 788. The molecule has 0 N–H and O–H groups in total. The number of rotatable bonds is 3. The zero-order valence-corrected chi connectivity index (χ0v) is 13.4. The largest absolute Gasteiger partial charge is 0.371 e. The number of piperidine rings is 1. The maximum absolute atomic E-state index is 4.65. The molecule has 3 aromatic rings. The molecule has 0 aliphatic carbocycles. The van der Waals surface area contributed by atoms with Gasteiger partial charge in [-0.3, -0.25) is 9.67 Å². The predicted molar refractivity (Wildman–Crippen MR) is 91.4 cm³/mol. The fraction of sp³-hybridized carbons (Fsp3) is 0.389. The van der Waals surface area contributed by atoms with Gasteiger partial charge in [-0.2, -0.15) is 0 Å². The average molecular weight is 307 g/mol. The minimum absolute atomic E-state index is 0.683. The zero-order chi connectivity index (χ0) is 15.6. The van der Waals surface area contributed by atoms with Gasteiger partial charge in [0.25, 0.3) is 0 Å². The van der Waals surface area contributed by atoms with Crippen molar-refractivity contribution in [3.8, 4) is 0 Å². The number of fused-ring (bicyclic) bond motifs is 1. The van der Waals surface area contributed by atoms with Crippen molar-refractivity contribution in [2.75, 3.05) is 18.0 Å². The lowest BCUT2D eigenvalue weighted by molar-refractivity contribution is 0.339. The van der Waals surface area contributed by atoms with Gasteiger partial charge >= 0.3 is 0 Å². The molecule has 1 aliphatic heterocycles. The van der Waals surface area contributed by atoms with Gasteiger partial charge in [0.05, 0.1) is 11.7 Å². The molecule has 4 rings (SSSR count). The topological polar surface area (TPSA) is 46.8 Å². The van der Waals surface area contributed by atoms with E-state index in [9.17, 15) is 0 Å². The summed E-state index contributed by atoms with van der Waals surface area (Å²) >= 11 is 0. The van der Waals surface area contributed by atoms with Crippen LogP contribution in [0, 0.1) is 12.8 Å². The lowest BCUT2D eigenvalue weighted by Gasteiger charge is -2.34. The fourth-order valence-electron chi connectivity index (χ4n) is 3.50. The van der Waals surface area contributed by atoms with Crippen LogP contribution in [-0.2, 0) is 6.54 Å². The van der Waals surface area contributed by atoms with Gasteiger partial charge in [-0.05, 0) is 37.8 Å². The number of pyridine rings is 1. The highest BCUT2D eigenvalue weighted by Gasteiger charge is 2.21. The summed E-state index contributed by atoms with van der Waals surface area (Å²) in [6, 6.07) is 10.7. The second-order valence-electron chi connectivity index (χ2n) is 6.36. The predicted octanol–water partition coefficient (Wildman–Crippen LogP) is 3.05. The van der Waals surface area contributed by atoms with Crippen LogP contribution < -0.4 is 4.90 Å². The normalized spacial score (nSPS) is 16.1. The van der Waals surface area contributed by atoms with Crippen LogP contribution in [0.15, 0.2) is 42.7 Å². The summed E-state index contributed by atoms with van der Waals surface area (Å²) in [6.07, 6.45) is 6.08. The lowest BCUT2D eigenvalue weighted by Crippen LogP contribution is -2.35. The Balaban J connectivity index is 1.52. The second-order valence-corrected chi connectivity index (χ2v) is 6.36. The van der Waals surface area contributed by atoms with Crippen LogP contribution in [0.4, 0.5) is 5.69 Å². The number of hydrogen-bond donors (Lipinski definition) is 0. The first-order valence-corrected chi connectivity index (χ1v) is 8.25. The van der Waals surface area contributed by atoms with E-state index in [-0.39, 0.29) is 0 Å². The Morgan fingerprint density at radius 3 is 2.78 bits per heavy atom. The van der Waals surface area contributed by atoms with E-state index in [0.29, 0.717) is 5.92 Å². The smallest absolute Gasteiger partial charge is 0.0726 e. The Morgan fingerprint density at radius 1 is 1.17 bits per heavy atom. The molecular weight excluding hydrogens is 286 g/mol. The SMILES string of the molecule is Cc1cc(N2CCC(Cn3ccnn3)CC2)c2ccccc2n1. The Kier molecular flexibility index (Phi) is 3.69. The van der Waals surface area contributed by atoms with Crippen molar-refractivity contribution in [2.24, 2.45) is 5.92 Å². The summed E-state index contributed by atoms with van der Waals surface area (Å²) < 4.78 is 1.95. The van der Waals surface area contributed by atoms with E-state index in [1.807, 2.05) is 10.9 Å². The first kappa shape index (κ1) is 14.2. The van der Waals surface area contributed by atoms with Crippen molar-refractivity contribution < 1.29 is 0 Å². The monoisotopic (exact) mass is 307 g/mol. The van der Waals surface area contributed by atoms with Gasteiger partial charge in [0.15, 0.2) is 0 Å². The summed E-state index contributed by atoms with van der Waals surface area (Å²) in [5.41, 5.74) is 3.50. The van der Waals surface area contributed by atoms with E-state index in [1.54, 1.807) is 6.20 Å². The molecule has 3 heterocycles. The van der Waals surface area contributed by atoms with Gasteiger partial charge in [-0.1, -0.05) is 23.4 Å². The molecule has 5 heteroatoms. The van der Waals surface area contributed by atoms with Crippen LogP contribution in [0.5, 0.6) is 0 Å². The van der Waals surface area contributed by atoms with Gasteiger partial charge < -0.3 is 4.90 Å². The molecule has 0 unspecified atom stereocenters. The van der Waals surface area contributed by atoms with Crippen LogP contribution in [0.1, 0.15) is 18.5 Å². The van der Waals surface area contributed by atoms with Gasteiger partial charge in [0, 0.05) is 42.6 Å². The fourth-order valence-corrected chi connectivity index (χ4v) is 3.50. The highest BCUT2D eigenvalue weighted by molar-refractivity contribution is 5.92. The van der Waals surface area contributed by atoms with Crippen LogP contribution in [0.25, 0.3) is 10.9 Å². The molecule has 1 saturated heterocycles. The third kappa shape index (κ3) is 2.91. The molecule has 1 aliphatic rings. The van der Waals surface area contributed by atoms with E-state index in [2.05, 4.69) is 57.5 Å². The van der Waals surface area contributed by atoms with Gasteiger partial charge in [0.2, 0.25) is 0 Å². The van der Waals surface area contributed by atoms with E-state index in [1.165, 1.54) is 23.9 Å². The third-order valence-electron chi connectivity index (χ3n) is 4.69. The van der Waals surface area contributed by atoms with Crippen molar-refractivity contribution in [1.29, 1.82) is 0 Å². The summed E-state index contributed by atoms with van der Waals surface area (Å²) in [4.78, 5) is 7.16. The van der Waals surface area contributed by atoms with Gasteiger partial charge in [-0.15, -0.1) is 5.10 Å². The van der Waals surface area contributed by atoms with Crippen LogP contribution in [-0.4, -0.2) is 33.1 Å². The molecule has 0 spiro atoms. The Hall–Kier alpha value is -2.43. The van der Waals surface area contributed by atoms with Crippen LogP contribution in [0.3, 0.4) is 0 Å². The van der Waals surface area contributed by atoms with Crippen molar-refractivity contribution in [1.82, 2.24) is 20.0 Å². The first-order valence-electron chi connectivity index (χ1n) is 8.25. The number of aryl methyl sites for hydroxylation is 1. The van der Waals surface area contributed by atoms with E-state index < -0.39 is 0 Å². The molecule has 1 fully saturated rings. The maximum atomic E-state index is 4.65. The number of para-hydroxylation sites is 1. The van der Waals surface area contributed by atoms with Crippen LogP contribution >= 0.6 is 0 Å². The van der Waals surface area contributed by atoms with Crippen molar-refractivity contribution in [3.05, 3.63) is 48.4 Å². The molecule has 5 nitrogen and oxygen atoms in total. The second kappa shape index (κ2) is 5.99. The summed E-state index contributed by atoms with van der Waals surface area (Å²) in [5.74, 6) is 0.683. The van der Waals surface area contributed by atoms with Gasteiger partial charge in [-0.25, -0.2) is 0 Å². The first-order chi connectivity index (χ1) is 11.3. The Labute approximate surface area is 135 Å². The molecule has 2 aromatic heterocycles. The average Bonchev–Trinajstić information content (AvgIpc) is 3.08. The van der Waals surface area contributed by atoms with Crippen LogP contribution in [0.2, 0.25) is 0 Å². The number of hydrogen-bond acceptors (Lipinski definition) is 4. The summed E-state index contributed by atoms with van der Waals surface area (Å²) in [6.45, 7) is 5.23. The zero-order valence-electron chi connectivity index (χ0n) is 13.4. The molecule has 0 radical (unpaired) electrons. The molecule has 118 valence electrons. The van der Waals surface area contributed by atoms with E-state index in [0.717, 1.165) is 30.8 Å².